The number of amides is 1. The van der Waals surface area contributed by atoms with Gasteiger partial charge in [0.1, 0.15) is 0 Å². The molecule has 3 aromatic heterocycles. The third kappa shape index (κ3) is 3.65. The van der Waals surface area contributed by atoms with Crippen LogP contribution >= 0.6 is 11.3 Å². The highest BCUT2D eigenvalue weighted by atomic mass is 32.1. The standard InChI is InChI=1S/C24H26N4OS/c1-24(2)11-19-17(13-26-22(27-19)15-7-9-25-10-8-15)20(12-24)28-23(29)18-14-30-21-6-4-3-5-16(18)21/h7-10,13-14,20H,3-6,11-12H2,1-2H3,(H,28,29)/t20-/m0/s1. The first-order valence-corrected chi connectivity index (χ1v) is 11.5. The van der Waals surface area contributed by atoms with Gasteiger partial charge in [-0.25, -0.2) is 9.97 Å². The average Bonchev–Trinajstić information content (AvgIpc) is 3.17. The SMILES string of the molecule is CC1(C)Cc2nc(-c3ccncc3)ncc2[C@@H](NC(=O)c2csc3c2CCCC3)C1. The smallest absolute Gasteiger partial charge is 0.252 e. The summed E-state index contributed by atoms with van der Waals surface area (Å²) < 4.78 is 0. The third-order valence-electron chi connectivity index (χ3n) is 6.23. The number of nitrogens with one attached hydrogen (secondary N) is 1. The molecule has 1 amide bonds. The Morgan fingerprint density at radius 2 is 2.00 bits per heavy atom. The predicted molar refractivity (Wildman–Crippen MR) is 119 cm³/mol. The minimum absolute atomic E-state index is 0.0428. The first-order chi connectivity index (χ1) is 14.5. The normalized spacial score (nSPS) is 19.6. The molecule has 5 rings (SSSR count). The molecule has 0 unspecified atom stereocenters. The second-order valence-electron chi connectivity index (χ2n) is 9.16. The van der Waals surface area contributed by atoms with Gasteiger partial charge in [0.05, 0.1) is 17.3 Å². The van der Waals surface area contributed by atoms with Crippen molar-refractivity contribution in [3.8, 4) is 11.4 Å². The van der Waals surface area contributed by atoms with Crippen LogP contribution in [0.4, 0.5) is 0 Å². The van der Waals surface area contributed by atoms with E-state index >= 15 is 0 Å². The monoisotopic (exact) mass is 418 g/mol. The molecule has 0 bridgehead atoms. The van der Waals surface area contributed by atoms with E-state index in [2.05, 4.69) is 29.1 Å². The molecule has 154 valence electrons. The van der Waals surface area contributed by atoms with E-state index in [9.17, 15) is 4.79 Å². The average molecular weight is 419 g/mol. The highest BCUT2D eigenvalue weighted by molar-refractivity contribution is 7.10. The van der Waals surface area contributed by atoms with Crippen LogP contribution in [-0.4, -0.2) is 20.9 Å². The number of hydrogen-bond donors (Lipinski definition) is 1. The van der Waals surface area contributed by atoms with Crippen LogP contribution in [0.1, 0.15) is 71.2 Å². The van der Waals surface area contributed by atoms with Crippen molar-refractivity contribution in [2.45, 2.75) is 58.4 Å². The van der Waals surface area contributed by atoms with Crippen LogP contribution in [0.15, 0.2) is 36.1 Å². The summed E-state index contributed by atoms with van der Waals surface area (Å²) in [5, 5.41) is 5.37. The number of pyridine rings is 1. The van der Waals surface area contributed by atoms with Crippen molar-refractivity contribution < 1.29 is 4.79 Å². The second kappa shape index (κ2) is 7.58. The Morgan fingerprint density at radius 1 is 1.20 bits per heavy atom. The van der Waals surface area contributed by atoms with E-state index < -0.39 is 0 Å². The summed E-state index contributed by atoms with van der Waals surface area (Å²) >= 11 is 1.74. The minimum atomic E-state index is -0.0677. The number of nitrogens with zero attached hydrogens (tertiary/aromatic N) is 3. The number of thiophene rings is 1. The zero-order valence-corrected chi connectivity index (χ0v) is 18.3. The van der Waals surface area contributed by atoms with Crippen LogP contribution < -0.4 is 5.32 Å². The lowest BCUT2D eigenvalue weighted by molar-refractivity contribution is 0.0918. The Kier molecular flexibility index (Phi) is 4.89. The van der Waals surface area contributed by atoms with Gasteiger partial charge in [0.25, 0.3) is 5.91 Å². The molecule has 0 radical (unpaired) electrons. The highest BCUT2D eigenvalue weighted by Gasteiger charge is 2.35. The largest absolute Gasteiger partial charge is 0.345 e. The molecule has 0 fully saturated rings. The lowest BCUT2D eigenvalue weighted by Crippen LogP contribution is -2.37. The highest BCUT2D eigenvalue weighted by Crippen LogP contribution is 2.40. The number of fused-ring (bicyclic) bond motifs is 2. The van der Waals surface area contributed by atoms with E-state index in [0.717, 1.165) is 48.1 Å². The van der Waals surface area contributed by atoms with Crippen molar-refractivity contribution in [3.63, 3.8) is 0 Å². The van der Waals surface area contributed by atoms with Crippen molar-refractivity contribution in [2.24, 2.45) is 5.41 Å². The summed E-state index contributed by atoms with van der Waals surface area (Å²) in [5.41, 5.74) is 5.23. The fraction of sp³-hybridized carbons (Fsp3) is 0.417. The number of carbonyl (C=O) groups excluding carboxylic acids is 1. The van der Waals surface area contributed by atoms with E-state index in [1.807, 2.05) is 23.7 Å². The Morgan fingerprint density at radius 3 is 2.83 bits per heavy atom. The van der Waals surface area contributed by atoms with E-state index in [1.165, 1.54) is 23.3 Å². The van der Waals surface area contributed by atoms with E-state index in [-0.39, 0.29) is 17.4 Å². The molecule has 0 aliphatic heterocycles. The van der Waals surface area contributed by atoms with Crippen LogP contribution in [0.5, 0.6) is 0 Å². The lowest BCUT2D eigenvalue weighted by Gasteiger charge is -2.36. The molecule has 2 aliphatic carbocycles. The number of carbonyl (C=O) groups is 1. The molecule has 0 saturated heterocycles. The summed E-state index contributed by atoms with van der Waals surface area (Å²) in [6, 6.07) is 3.78. The van der Waals surface area contributed by atoms with Gasteiger partial charge in [-0.05, 0) is 61.6 Å². The quantitative estimate of drug-likeness (QED) is 0.655. The molecule has 0 spiro atoms. The molecule has 5 nitrogen and oxygen atoms in total. The summed E-state index contributed by atoms with van der Waals surface area (Å²) in [6.07, 6.45) is 11.7. The second-order valence-corrected chi connectivity index (χ2v) is 10.1. The van der Waals surface area contributed by atoms with Crippen LogP contribution in [0.25, 0.3) is 11.4 Å². The third-order valence-corrected chi connectivity index (χ3v) is 7.32. The topological polar surface area (TPSA) is 67.8 Å². The molecule has 1 atom stereocenters. The Labute approximate surface area is 181 Å². The zero-order chi connectivity index (χ0) is 20.7. The van der Waals surface area contributed by atoms with Gasteiger partial charge in [-0.1, -0.05) is 13.8 Å². The van der Waals surface area contributed by atoms with Gasteiger partial charge in [-0.3, -0.25) is 9.78 Å². The van der Waals surface area contributed by atoms with Crippen molar-refractivity contribution in [1.82, 2.24) is 20.3 Å². The first-order valence-electron chi connectivity index (χ1n) is 10.7. The molecule has 0 aromatic carbocycles. The maximum absolute atomic E-state index is 13.2. The molecule has 30 heavy (non-hydrogen) atoms. The van der Waals surface area contributed by atoms with E-state index in [0.29, 0.717) is 5.82 Å². The maximum Gasteiger partial charge on any atom is 0.252 e. The van der Waals surface area contributed by atoms with Crippen molar-refractivity contribution in [2.75, 3.05) is 0 Å². The molecule has 3 aromatic rings. The lowest BCUT2D eigenvalue weighted by atomic mass is 9.74. The van der Waals surface area contributed by atoms with Gasteiger partial charge in [0.2, 0.25) is 0 Å². The summed E-state index contributed by atoms with van der Waals surface area (Å²) in [5.74, 6) is 0.757. The van der Waals surface area contributed by atoms with Gasteiger partial charge in [0, 0.05) is 40.0 Å². The maximum atomic E-state index is 13.2. The van der Waals surface area contributed by atoms with E-state index in [4.69, 9.17) is 4.98 Å². The summed E-state index contributed by atoms with van der Waals surface area (Å²) in [4.78, 5) is 28.2. The summed E-state index contributed by atoms with van der Waals surface area (Å²) in [6.45, 7) is 4.49. The fourth-order valence-electron chi connectivity index (χ4n) is 4.74. The number of aryl methyl sites for hydroxylation is 1. The van der Waals surface area contributed by atoms with Gasteiger partial charge in [-0.15, -0.1) is 11.3 Å². The molecular weight excluding hydrogens is 392 g/mol. The number of rotatable bonds is 3. The molecule has 3 heterocycles. The van der Waals surface area contributed by atoms with Crippen LogP contribution in [0.3, 0.4) is 0 Å². The van der Waals surface area contributed by atoms with Crippen LogP contribution in [0, 0.1) is 5.41 Å². The van der Waals surface area contributed by atoms with Gasteiger partial charge in [-0.2, -0.15) is 0 Å². The van der Waals surface area contributed by atoms with Gasteiger partial charge in [0.15, 0.2) is 5.82 Å². The minimum Gasteiger partial charge on any atom is -0.345 e. The summed E-state index contributed by atoms with van der Waals surface area (Å²) in [7, 11) is 0. The fourth-order valence-corrected chi connectivity index (χ4v) is 5.86. The van der Waals surface area contributed by atoms with Crippen molar-refractivity contribution in [1.29, 1.82) is 0 Å². The van der Waals surface area contributed by atoms with Crippen LogP contribution in [-0.2, 0) is 19.3 Å². The molecule has 6 heteroatoms. The predicted octanol–water partition coefficient (Wildman–Crippen LogP) is 4.92. The Bertz CT molecular complexity index is 1090. The van der Waals surface area contributed by atoms with Gasteiger partial charge < -0.3 is 5.32 Å². The Balaban J connectivity index is 1.45. The Hall–Kier alpha value is -2.60. The number of hydrogen-bond acceptors (Lipinski definition) is 5. The van der Waals surface area contributed by atoms with E-state index in [1.54, 1.807) is 23.7 Å². The van der Waals surface area contributed by atoms with Crippen LogP contribution in [0.2, 0.25) is 0 Å². The molecular formula is C24H26N4OS. The first kappa shape index (κ1) is 19.4. The zero-order valence-electron chi connectivity index (χ0n) is 17.4. The molecule has 2 aliphatic rings. The number of aromatic nitrogens is 3. The molecule has 0 saturated carbocycles. The van der Waals surface area contributed by atoms with Crippen molar-refractivity contribution in [3.05, 3.63) is 63.4 Å². The molecule has 1 N–H and O–H groups in total. The van der Waals surface area contributed by atoms with Gasteiger partial charge >= 0.3 is 0 Å². The van der Waals surface area contributed by atoms with Crippen molar-refractivity contribution >= 4 is 17.2 Å².